The molecule has 2 aliphatic heterocycles. The average Bonchev–Trinajstić information content (AvgIpc) is 3.40. The molecule has 0 aliphatic carbocycles. The van der Waals surface area contributed by atoms with Crippen LogP contribution in [0, 0.1) is 0 Å². The quantitative estimate of drug-likeness (QED) is 0.633. The number of hydrogen-bond donors (Lipinski definition) is 0. The van der Waals surface area contributed by atoms with E-state index in [-0.39, 0.29) is 5.91 Å². The Morgan fingerprint density at radius 3 is 2.52 bits per heavy atom. The van der Waals surface area contributed by atoms with Crippen LogP contribution in [-0.2, 0) is 4.74 Å². The number of hydrogen-bond acceptors (Lipinski definition) is 7. The van der Waals surface area contributed by atoms with Crippen molar-refractivity contribution in [3.8, 4) is 5.69 Å². The Bertz CT molecular complexity index is 1030. The van der Waals surface area contributed by atoms with Crippen molar-refractivity contribution < 1.29 is 9.53 Å². The van der Waals surface area contributed by atoms with Crippen molar-refractivity contribution in [2.45, 2.75) is 0 Å². The molecule has 0 radical (unpaired) electrons. The van der Waals surface area contributed by atoms with Gasteiger partial charge in [0.05, 0.1) is 18.9 Å². The molecule has 4 heterocycles. The summed E-state index contributed by atoms with van der Waals surface area (Å²) in [4.78, 5) is 28.5. The van der Waals surface area contributed by atoms with Crippen molar-refractivity contribution in [1.82, 2.24) is 24.6 Å². The van der Waals surface area contributed by atoms with Gasteiger partial charge in [0.1, 0.15) is 5.82 Å². The Labute approximate surface area is 180 Å². The summed E-state index contributed by atoms with van der Waals surface area (Å²) in [5.74, 6) is 1.70. The summed E-state index contributed by atoms with van der Waals surface area (Å²) in [6, 6.07) is 11.4. The van der Waals surface area contributed by atoms with Crippen molar-refractivity contribution in [3.63, 3.8) is 0 Å². The highest BCUT2D eigenvalue weighted by Gasteiger charge is 2.24. The number of aromatic nitrogens is 4. The maximum atomic E-state index is 13.1. The first-order chi connectivity index (χ1) is 15.3. The second kappa shape index (κ2) is 8.73. The number of piperazine rings is 1. The van der Waals surface area contributed by atoms with Gasteiger partial charge in [-0.05, 0) is 30.3 Å². The fourth-order valence-corrected chi connectivity index (χ4v) is 3.96. The molecule has 31 heavy (non-hydrogen) atoms. The lowest BCUT2D eigenvalue weighted by molar-refractivity contribution is 0.0746. The van der Waals surface area contributed by atoms with E-state index in [1.54, 1.807) is 10.9 Å². The third-order valence-electron chi connectivity index (χ3n) is 5.68. The summed E-state index contributed by atoms with van der Waals surface area (Å²) < 4.78 is 7.18. The minimum atomic E-state index is 0.0466. The SMILES string of the molecule is O=C(c1cccc(-n2cccn2)c1)N1CCN(c2ccnc(N3CCOCC3)n2)CC1. The van der Waals surface area contributed by atoms with E-state index in [0.717, 1.165) is 43.6 Å². The van der Waals surface area contributed by atoms with Gasteiger partial charge in [0.25, 0.3) is 5.91 Å². The normalized spacial score (nSPS) is 17.1. The Kier molecular flexibility index (Phi) is 5.49. The zero-order valence-corrected chi connectivity index (χ0v) is 17.3. The van der Waals surface area contributed by atoms with Crippen LogP contribution in [0.2, 0.25) is 0 Å². The summed E-state index contributed by atoms with van der Waals surface area (Å²) in [6.07, 6.45) is 5.41. The monoisotopic (exact) mass is 419 g/mol. The van der Waals surface area contributed by atoms with Crippen molar-refractivity contribution >= 4 is 17.7 Å². The standard InChI is InChI=1S/C22H25N7O2/c30-21(18-3-1-4-19(17-18)29-8-2-6-24-29)27-11-9-26(10-12-27)20-5-7-23-22(25-20)28-13-15-31-16-14-28/h1-8,17H,9-16H2. The predicted octanol–water partition coefficient (Wildman–Crippen LogP) is 1.46. The zero-order valence-electron chi connectivity index (χ0n) is 17.3. The van der Waals surface area contributed by atoms with Crippen molar-refractivity contribution in [1.29, 1.82) is 0 Å². The number of morpholine rings is 1. The van der Waals surface area contributed by atoms with Crippen molar-refractivity contribution in [2.75, 3.05) is 62.3 Å². The minimum Gasteiger partial charge on any atom is -0.378 e. The minimum absolute atomic E-state index is 0.0466. The Morgan fingerprint density at radius 1 is 0.903 bits per heavy atom. The molecule has 9 nitrogen and oxygen atoms in total. The highest BCUT2D eigenvalue weighted by Crippen LogP contribution is 2.19. The van der Waals surface area contributed by atoms with Crippen LogP contribution in [0.25, 0.3) is 5.69 Å². The fraction of sp³-hybridized carbons (Fsp3) is 0.364. The number of ether oxygens (including phenoxy) is 1. The van der Waals surface area contributed by atoms with E-state index in [0.29, 0.717) is 31.9 Å². The van der Waals surface area contributed by atoms with Crippen LogP contribution in [0.4, 0.5) is 11.8 Å². The first-order valence-electron chi connectivity index (χ1n) is 10.6. The van der Waals surface area contributed by atoms with Gasteiger partial charge in [0.2, 0.25) is 5.95 Å². The lowest BCUT2D eigenvalue weighted by atomic mass is 10.1. The van der Waals surface area contributed by atoms with Gasteiger partial charge in [-0.2, -0.15) is 10.1 Å². The molecule has 0 atom stereocenters. The van der Waals surface area contributed by atoms with E-state index >= 15 is 0 Å². The van der Waals surface area contributed by atoms with E-state index in [9.17, 15) is 4.79 Å². The first-order valence-corrected chi connectivity index (χ1v) is 10.6. The van der Waals surface area contributed by atoms with Crippen LogP contribution >= 0.6 is 0 Å². The largest absolute Gasteiger partial charge is 0.378 e. The van der Waals surface area contributed by atoms with Crippen LogP contribution in [0.5, 0.6) is 0 Å². The molecule has 1 aromatic carbocycles. The molecule has 9 heteroatoms. The number of carbonyl (C=O) groups is 1. The number of rotatable bonds is 4. The number of anilines is 2. The van der Waals surface area contributed by atoms with Gasteiger partial charge in [-0.25, -0.2) is 9.67 Å². The number of amides is 1. The van der Waals surface area contributed by atoms with Crippen LogP contribution < -0.4 is 9.80 Å². The molecular weight excluding hydrogens is 394 g/mol. The second-order valence-electron chi connectivity index (χ2n) is 7.59. The highest BCUT2D eigenvalue weighted by molar-refractivity contribution is 5.95. The third-order valence-corrected chi connectivity index (χ3v) is 5.68. The molecule has 0 spiro atoms. The average molecular weight is 419 g/mol. The van der Waals surface area contributed by atoms with E-state index in [1.165, 1.54) is 0 Å². The lowest BCUT2D eigenvalue weighted by Gasteiger charge is -2.36. The van der Waals surface area contributed by atoms with Gasteiger partial charge < -0.3 is 19.4 Å². The van der Waals surface area contributed by atoms with E-state index in [4.69, 9.17) is 9.72 Å². The predicted molar refractivity (Wildman–Crippen MR) is 117 cm³/mol. The van der Waals surface area contributed by atoms with E-state index in [2.05, 4.69) is 19.9 Å². The fourth-order valence-electron chi connectivity index (χ4n) is 3.96. The summed E-state index contributed by atoms with van der Waals surface area (Å²) in [7, 11) is 0. The van der Waals surface area contributed by atoms with Crippen LogP contribution in [0.3, 0.4) is 0 Å². The summed E-state index contributed by atoms with van der Waals surface area (Å²) in [5, 5.41) is 4.25. The molecule has 5 rings (SSSR count). The maximum Gasteiger partial charge on any atom is 0.254 e. The Morgan fingerprint density at radius 2 is 1.74 bits per heavy atom. The zero-order chi connectivity index (χ0) is 21.0. The lowest BCUT2D eigenvalue weighted by Crippen LogP contribution is -2.49. The van der Waals surface area contributed by atoms with E-state index in [1.807, 2.05) is 53.7 Å². The molecular formula is C22H25N7O2. The van der Waals surface area contributed by atoms with Gasteiger partial charge in [0, 0.05) is 63.4 Å². The first kappa shape index (κ1) is 19.5. The molecule has 3 aromatic rings. The number of benzene rings is 1. The molecule has 1 amide bonds. The van der Waals surface area contributed by atoms with Crippen molar-refractivity contribution in [2.24, 2.45) is 0 Å². The Hall–Kier alpha value is -3.46. The molecule has 2 aromatic heterocycles. The van der Waals surface area contributed by atoms with Gasteiger partial charge in [-0.1, -0.05) is 6.07 Å². The molecule has 2 fully saturated rings. The molecule has 0 saturated carbocycles. The molecule has 2 aliphatic rings. The van der Waals surface area contributed by atoms with Gasteiger partial charge in [0.15, 0.2) is 0 Å². The summed E-state index contributed by atoms with van der Waals surface area (Å²) in [5.41, 5.74) is 1.56. The smallest absolute Gasteiger partial charge is 0.254 e. The molecule has 160 valence electrons. The van der Waals surface area contributed by atoms with Gasteiger partial charge in [-0.15, -0.1) is 0 Å². The Balaban J connectivity index is 1.24. The molecule has 0 unspecified atom stereocenters. The van der Waals surface area contributed by atoms with Gasteiger partial charge in [-0.3, -0.25) is 4.79 Å². The number of carbonyl (C=O) groups excluding carboxylic acids is 1. The van der Waals surface area contributed by atoms with Crippen LogP contribution in [0.15, 0.2) is 55.0 Å². The van der Waals surface area contributed by atoms with Crippen LogP contribution in [-0.4, -0.2) is 83.0 Å². The summed E-state index contributed by atoms with van der Waals surface area (Å²) in [6.45, 7) is 5.82. The topological polar surface area (TPSA) is 79.6 Å². The van der Waals surface area contributed by atoms with Crippen LogP contribution in [0.1, 0.15) is 10.4 Å². The molecule has 0 N–H and O–H groups in total. The summed E-state index contributed by atoms with van der Waals surface area (Å²) >= 11 is 0. The second-order valence-corrected chi connectivity index (χ2v) is 7.59. The van der Waals surface area contributed by atoms with E-state index < -0.39 is 0 Å². The van der Waals surface area contributed by atoms with Crippen molar-refractivity contribution in [3.05, 3.63) is 60.6 Å². The molecule has 2 saturated heterocycles. The van der Waals surface area contributed by atoms with Gasteiger partial charge >= 0.3 is 0 Å². The molecule has 0 bridgehead atoms. The highest BCUT2D eigenvalue weighted by atomic mass is 16.5. The maximum absolute atomic E-state index is 13.1. The number of nitrogens with zero attached hydrogens (tertiary/aromatic N) is 7. The third kappa shape index (κ3) is 4.22.